The van der Waals surface area contributed by atoms with Gasteiger partial charge in [-0.1, -0.05) is 23.7 Å². The van der Waals surface area contributed by atoms with Crippen molar-refractivity contribution in [2.24, 2.45) is 5.41 Å². The predicted molar refractivity (Wildman–Crippen MR) is 128 cm³/mol. The van der Waals surface area contributed by atoms with E-state index in [4.69, 9.17) is 16.3 Å². The molecule has 1 amide bonds. The van der Waals surface area contributed by atoms with Gasteiger partial charge in [0, 0.05) is 30.4 Å². The lowest BCUT2D eigenvalue weighted by Gasteiger charge is -2.26. The standard InChI is InChI=1S/C25H31ClN4O4/c26-21-11-16(1-2-17(21)13-31)14-34-23-20(22(33)28-18-3-5-19(32)6-4-18)12-27-24(29-23)30-10-9-25(15-30)7-8-25/h1-2,11-12,18-19,31-32H,3-10,13-15H2,(H,28,33)/t18-,19-. The van der Waals surface area contributed by atoms with Gasteiger partial charge in [-0.2, -0.15) is 4.98 Å². The quantitative estimate of drug-likeness (QED) is 0.551. The van der Waals surface area contributed by atoms with Crippen molar-refractivity contribution in [1.29, 1.82) is 0 Å². The van der Waals surface area contributed by atoms with Gasteiger partial charge in [0.05, 0.1) is 12.7 Å². The molecule has 1 saturated heterocycles. The molecule has 8 nitrogen and oxygen atoms in total. The SMILES string of the molecule is O=C(N[C@H]1CC[C@H](O)CC1)c1cnc(N2CCC3(CC3)C2)nc1OCc1ccc(CO)c(Cl)c1. The van der Waals surface area contributed by atoms with E-state index in [-0.39, 0.29) is 37.1 Å². The lowest BCUT2D eigenvalue weighted by Crippen LogP contribution is -2.39. The topological polar surface area (TPSA) is 108 Å². The summed E-state index contributed by atoms with van der Waals surface area (Å²) in [7, 11) is 0. The molecule has 2 aromatic rings. The molecule has 182 valence electrons. The summed E-state index contributed by atoms with van der Waals surface area (Å²) in [6.07, 6.45) is 7.80. The Morgan fingerprint density at radius 2 is 2.03 bits per heavy atom. The van der Waals surface area contributed by atoms with E-state index >= 15 is 0 Å². The number of halogens is 1. The number of carbonyl (C=O) groups excluding carboxylic acids is 1. The molecule has 5 rings (SSSR count). The van der Waals surface area contributed by atoms with Gasteiger partial charge in [0.1, 0.15) is 12.2 Å². The van der Waals surface area contributed by atoms with Gasteiger partial charge in [-0.25, -0.2) is 4.98 Å². The first-order valence-corrected chi connectivity index (χ1v) is 12.4. The molecule has 3 aliphatic rings. The molecule has 3 N–H and O–H groups in total. The van der Waals surface area contributed by atoms with Gasteiger partial charge >= 0.3 is 0 Å². The first-order valence-electron chi connectivity index (χ1n) is 12.1. The summed E-state index contributed by atoms with van der Waals surface area (Å²) >= 11 is 6.23. The molecule has 0 unspecified atom stereocenters. The van der Waals surface area contributed by atoms with Gasteiger partial charge in [0.15, 0.2) is 0 Å². The van der Waals surface area contributed by atoms with Crippen LogP contribution in [0.15, 0.2) is 24.4 Å². The maximum absolute atomic E-state index is 13.1. The van der Waals surface area contributed by atoms with E-state index in [1.807, 2.05) is 6.07 Å². The predicted octanol–water partition coefficient (Wildman–Crippen LogP) is 3.22. The highest BCUT2D eigenvalue weighted by Gasteiger charge is 2.48. The second-order valence-corrected chi connectivity index (χ2v) is 10.3. The van der Waals surface area contributed by atoms with Gasteiger partial charge in [-0.15, -0.1) is 0 Å². The molecule has 0 atom stereocenters. The van der Waals surface area contributed by atoms with E-state index in [1.165, 1.54) is 12.8 Å². The number of amides is 1. The summed E-state index contributed by atoms with van der Waals surface area (Å²) in [5.74, 6) is 0.568. The minimum Gasteiger partial charge on any atom is -0.472 e. The molecule has 2 aliphatic carbocycles. The molecule has 1 aliphatic heterocycles. The van der Waals surface area contributed by atoms with Crippen LogP contribution in [0.1, 0.15) is 66.4 Å². The van der Waals surface area contributed by atoms with Crippen molar-refractivity contribution in [2.45, 2.75) is 70.3 Å². The Morgan fingerprint density at radius 3 is 2.71 bits per heavy atom. The first kappa shape index (κ1) is 23.3. The van der Waals surface area contributed by atoms with Crippen LogP contribution in [0.2, 0.25) is 5.02 Å². The molecular weight excluding hydrogens is 456 g/mol. The number of nitrogens with one attached hydrogen (secondary N) is 1. The van der Waals surface area contributed by atoms with Crippen molar-refractivity contribution >= 4 is 23.5 Å². The van der Waals surface area contributed by atoms with Crippen LogP contribution < -0.4 is 15.0 Å². The molecule has 1 aromatic carbocycles. The average molecular weight is 487 g/mol. The Kier molecular flexibility index (Phi) is 6.64. The number of ether oxygens (including phenoxy) is 1. The fraction of sp³-hybridized carbons (Fsp3) is 0.560. The monoisotopic (exact) mass is 486 g/mol. The Hall–Kier alpha value is -2.42. The second kappa shape index (κ2) is 9.68. The second-order valence-electron chi connectivity index (χ2n) is 9.91. The van der Waals surface area contributed by atoms with Crippen LogP contribution in [0.5, 0.6) is 5.88 Å². The third-order valence-corrected chi connectivity index (χ3v) is 7.71. The molecule has 2 heterocycles. The number of aliphatic hydroxyl groups excluding tert-OH is 2. The number of nitrogens with zero attached hydrogens (tertiary/aromatic N) is 3. The zero-order chi connectivity index (χ0) is 23.7. The third kappa shape index (κ3) is 5.14. The van der Waals surface area contributed by atoms with Crippen molar-refractivity contribution in [3.05, 3.63) is 46.1 Å². The van der Waals surface area contributed by atoms with Crippen LogP contribution in [0, 0.1) is 5.41 Å². The molecule has 1 spiro atoms. The molecular formula is C25H31ClN4O4. The number of carbonyl (C=O) groups is 1. The molecule has 1 aromatic heterocycles. The number of rotatable bonds is 7. The van der Waals surface area contributed by atoms with Gasteiger partial charge < -0.3 is 25.2 Å². The minimum absolute atomic E-state index is 0.0153. The van der Waals surface area contributed by atoms with E-state index in [9.17, 15) is 15.0 Å². The highest BCUT2D eigenvalue weighted by molar-refractivity contribution is 6.31. The molecule has 34 heavy (non-hydrogen) atoms. The van der Waals surface area contributed by atoms with Crippen LogP contribution in [0.3, 0.4) is 0 Å². The zero-order valence-electron chi connectivity index (χ0n) is 19.2. The number of aliphatic hydroxyl groups is 2. The van der Waals surface area contributed by atoms with Gasteiger partial charge in [-0.3, -0.25) is 4.79 Å². The maximum atomic E-state index is 13.1. The smallest absolute Gasteiger partial charge is 0.258 e. The van der Waals surface area contributed by atoms with Crippen molar-refractivity contribution < 1.29 is 19.7 Å². The Morgan fingerprint density at radius 1 is 1.24 bits per heavy atom. The van der Waals surface area contributed by atoms with Crippen LogP contribution in [-0.4, -0.2) is 51.3 Å². The fourth-order valence-corrected chi connectivity index (χ4v) is 5.17. The summed E-state index contributed by atoms with van der Waals surface area (Å²) < 4.78 is 6.05. The van der Waals surface area contributed by atoms with E-state index in [0.29, 0.717) is 40.4 Å². The zero-order valence-corrected chi connectivity index (χ0v) is 19.9. The van der Waals surface area contributed by atoms with E-state index in [1.54, 1.807) is 18.3 Å². The lowest BCUT2D eigenvalue weighted by atomic mass is 9.93. The summed E-state index contributed by atoms with van der Waals surface area (Å²) in [5.41, 5.74) is 2.19. The van der Waals surface area contributed by atoms with E-state index < -0.39 is 0 Å². The number of hydrogen-bond acceptors (Lipinski definition) is 7. The van der Waals surface area contributed by atoms with Gasteiger partial charge in [0.2, 0.25) is 11.8 Å². The van der Waals surface area contributed by atoms with Crippen LogP contribution in [0.25, 0.3) is 0 Å². The van der Waals surface area contributed by atoms with Crippen LogP contribution in [-0.2, 0) is 13.2 Å². The number of hydrogen-bond donors (Lipinski definition) is 3. The highest BCUT2D eigenvalue weighted by Crippen LogP contribution is 2.53. The van der Waals surface area contributed by atoms with Crippen LogP contribution in [0.4, 0.5) is 5.95 Å². The summed E-state index contributed by atoms with van der Waals surface area (Å²) in [5, 5.41) is 22.6. The van der Waals surface area contributed by atoms with Crippen LogP contribution >= 0.6 is 11.6 Å². The lowest BCUT2D eigenvalue weighted by molar-refractivity contribution is 0.0862. The van der Waals surface area contributed by atoms with E-state index in [0.717, 1.165) is 37.9 Å². The molecule has 0 radical (unpaired) electrons. The fourth-order valence-electron chi connectivity index (χ4n) is 4.91. The van der Waals surface area contributed by atoms with Gasteiger partial charge in [0.25, 0.3) is 5.91 Å². The highest BCUT2D eigenvalue weighted by atomic mass is 35.5. The van der Waals surface area contributed by atoms with Crippen molar-refractivity contribution in [2.75, 3.05) is 18.0 Å². The minimum atomic E-state index is -0.283. The maximum Gasteiger partial charge on any atom is 0.258 e. The number of benzene rings is 1. The summed E-state index contributed by atoms with van der Waals surface area (Å²) in [6, 6.07) is 5.36. The molecule has 9 heteroatoms. The molecule has 0 bridgehead atoms. The normalized spacial score (nSPS) is 23.2. The van der Waals surface area contributed by atoms with Gasteiger partial charge in [-0.05, 0) is 67.6 Å². The average Bonchev–Trinajstić information content (AvgIpc) is 3.47. The third-order valence-electron chi connectivity index (χ3n) is 7.36. The first-order chi connectivity index (χ1) is 16.4. The Bertz CT molecular complexity index is 1050. The largest absolute Gasteiger partial charge is 0.472 e. The van der Waals surface area contributed by atoms with E-state index in [2.05, 4.69) is 20.2 Å². The Labute approximate surface area is 204 Å². The summed E-state index contributed by atoms with van der Waals surface area (Å²) in [4.78, 5) is 24.5. The number of aromatic nitrogens is 2. The number of anilines is 1. The van der Waals surface area contributed by atoms with Crippen molar-refractivity contribution in [3.8, 4) is 5.88 Å². The van der Waals surface area contributed by atoms with Crippen molar-refractivity contribution in [1.82, 2.24) is 15.3 Å². The van der Waals surface area contributed by atoms with Crippen molar-refractivity contribution in [3.63, 3.8) is 0 Å². The Balaban J connectivity index is 1.34. The summed E-state index contributed by atoms with van der Waals surface area (Å²) in [6.45, 7) is 1.91. The molecule has 2 saturated carbocycles. The molecule has 3 fully saturated rings.